The number of allylic oxidation sites excluding steroid dienone is 1. The van der Waals surface area contributed by atoms with Gasteiger partial charge < -0.3 is 159 Å². The number of esters is 2. The third kappa shape index (κ3) is 13.5. The molecule has 39 unspecified atom stereocenters. The lowest BCUT2D eigenvalue weighted by molar-refractivity contribution is -0.382. The van der Waals surface area contributed by atoms with Gasteiger partial charge in [-0.25, -0.2) is 0 Å². The van der Waals surface area contributed by atoms with Crippen LogP contribution >= 0.6 is 0 Å². The van der Waals surface area contributed by atoms with Gasteiger partial charge in [0.25, 0.3) is 0 Å². The molecule has 39 atom stereocenters. The number of aliphatic hydroxyl groups excluding tert-OH is 18. The third-order valence-electron chi connectivity index (χ3n) is 25.5. The molecular formula is C67H106O35. The molecule has 0 aromatic carbocycles. The van der Waals surface area contributed by atoms with E-state index in [1.54, 1.807) is 0 Å². The van der Waals surface area contributed by atoms with Crippen molar-refractivity contribution in [3.63, 3.8) is 0 Å². The Morgan fingerprint density at radius 3 is 1.58 bits per heavy atom. The Bertz CT molecular complexity index is 2960. The molecule has 6 heterocycles. The second kappa shape index (κ2) is 30.1. The Balaban J connectivity index is 0.823. The second-order valence-electron chi connectivity index (χ2n) is 31.8. The largest absolute Gasteiger partial charge is 0.481 e. The van der Waals surface area contributed by atoms with Crippen molar-refractivity contribution in [2.45, 2.75) is 304 Å². The first kappa shape index (κ1) is 80.0. The van der Waals surface area contributed by atoms with Gasteiger partial charge in [-0.05, 0) is 113 Å². The fourth-order valence-corrected chi connectivity index (χ4v) is 19.6. The predicted molar refractivity (Wildman–Crippen MR) is 334 cm³/mol. The number of carboxylic acids is 1. The standard InChI is InChI=1S/C67H106O35/c1-24-49(98-54-44(82)39(77)33(22-90-54)97-56-45(83)40(78)36(74)30(19-68)94-56)43(81)47(85)55(91-24)100-52-48(86)50(93-26(3)72)25(2)92-58(52)102-61(89)66-14-13-62(4,5)17-28(66)27-9-10-34-63(6)18-29(73)53(65(8,60(87)88)35(63)11-12-64(34,7)67(27,23-71)16-15-66)101-59-51(42(80)38(76)32(21-70)96-59)99-57-46(84)41(79)37(75)31(20-69)95-57/h9,24-25,28-59,68-71,73-86H,10-23H2,1-8H3,(H,87,88). The summed E-state index contributed by atoms with van der Waals surface area (Å²) in [5.41, 5.74) is -5.92. The van der Waals surface area contributed by atoms with Crippen LogP contribution in [0, 0.1) is 50.2 Å². The quantitative estimate of drug-likeness (QED) is 0.0345. The van der Waals surface area contributed by atoms with Gasteiger partial charge >= 0.3 is 17.9 Å². The Morgan fingerprint density at radius 2 is 1.00 bits per heavy atom. The summed E-state index contributed by atoms with van der Waals surface area (Å²) < 4.78 is 77.1. The van der Waals surface area contributed by atoms with E-state index >= 15 is 4.79 Å². The van der Waals surface area contributed by atoms with Crippen LogP contribution in [0.2, 0.25) is 0 Å². The van der Waals surface area contributed by atoms with E-state index in [1.807, 2.05) is 13.0 Å². The number of fused-ring (bicyclic) bond motifs is 7. The normalized spacial score (nSPS) is 53.2. The zero-order valence-electron chi connectivity index (χ0n) is 58.1. The molecule has 11 rings (SSSR count). The molecule has 5 aliphatic carbocycles. The highest BCUT2D eigenvalue weighted by molar-refractivity contribution is 5.79. The molecule has 35 heteroatoms. The van der Waals surface area contributed by atoms with Gasteiger partial charge in [0, 0.05) is 12.3 Å². The van der Waals surface area contributed by atoms with Gasteiger partial charge in [0.1, 0.15) is 122 Å². The van der Waals surface area contributed by atoms with Crippen molar-refractivity contribution in [2.24, 2.45) is 50.2 Å². The Labute approximate surface area is 587 Å². The molecule has 35 nitrogen and oxygen atoms in total. The summed E-state index contributed by atoms with van der Waals surface area (Å²) in [5.74, 6) is -4.86. The van der Waals surface area contributed by atoms with Crippen LogP contribution in [0.25, 0.3) is 0 Å². The fourth-order valence-electron chi connectivity index (χ4n) is 19.6. The van der Waals surface area contributed by atoms with E-state index in [9.17, 15) is 107 Å². The van der Waals surface area contributed by atoms with Crippen molar-refractivity contribution < 1.29 is 173 Å². The molecule has 0 spiro atoms. The first-order chi connectivity index (χ1) is 47.8. The van der Waals surface area contributed by atoms with Gasteiger partial charge in [0.15, 0.2) is 43.7 Å². The average Bonchev–Trinajstić information content (AvgIpc) is 0.669. The van der Waals surface area contributed by atoms with Crippen LogP contribution < -0.4 is 0 Å². The van der Waals surface area contributed by atoms with Crippen LogP contribution in [0.4, 0.5) is 0 Å². The zero-order chi connectivity index (χ0) is 74.7. The average molecular weight is 1470 g/mol. The number of aliphatic carboxylic acids is 1. The number of aliphatic hydroxyl groups is 18. The van der Waals surface area contributed by atoms with Crippen molar-refractivity contribution in [2.75, 3.05) is 33.0 Å². The zero-order valence-corrected chi connectivity index (χ0v) is 58.1. The molecule has 10 fully saturated rings. The number of hydrogen-bond acceptors (Lipinski definition) is 34. The van der Waals surface area contributed by atoms with E-state index in [1.165, 1.54) is 20.8 Å². The smallest absolute Gasteiger partial charge is 0.315 e. The van der Waals surface area contributed by atoms with Crippen LogP contribution in [0.3, 0.4) is 0 Å². The monoisotopic (exact) mass is 1470 g/mol. The molecule has 102 heavy (non-hydrogen) atoms. The number of ether oxygens (including phenoxy) is 13. The first-order valence-corrected chi connectivity index (χ1v) is 35.3. The number of rotatable bonds is 18. The van der Waals surface area contributed by atoms with Crippen LogP contribution in [-0.2, 0) is 76.0 Å². The van der Waals surface area contributed by atoms with E-state index in [-0.39, 0.29) is 38.5 Å². The lowest BCUT2D eigenvalue weighted by Gasteiger charge is -2.71. The van der Waals surface area contributed by atoms with Crippen molar-refractivity contribution >= 4 is 17.9 Å². The number of hydrogen-bond donors (Lipinski definition) is 19. The van der Waals surface area contributed by atoms with Crippen molar-refractivity contribution in [3.8, 4) is 0 Å². The molecule has 0 bridgehead atoms. The van der Waals surface area contributed by atoms with Gasteiger partial charge in [-0.3, -0.25) is 14.4 Å². The van der Waals surface area contributed by atoms with Gasteiger partial charge in [0.2, 0.25) is 6.29 Å². The van der Waals surface area contributed by atoms with Crippen LogP contribution in [0.5, 0.6) is 0 Å². The first-order valence-electron chi connectivity index (χ1n) is 35.3. The molecule has 11 aliphatic rings. The molecule has 19 N–H and O–H groups in total. The highest BCUT2D eigenvalue weighted by atomic mass is 16.8. The molecule has 0 aromatic rings. The lowest BCUT2D eigenvalue weighted by atomic mass is 9.33. The predicted octanol–water partition coefficient (Wildman–Crippen LogP) is -6.11. The number of carboxylic acid groups (broad SMARTS) is 1. The Kier molecular flexibility index (Phi) is 23.6. The van der Waals surface area contributed by atoms with Gasteiger partial charge in [-0.1, -0.05) is 39.3 Å². The molecule has 0 radical (unpaired) electrons. The summed E-state index contributed by atoms with van der Waals surface area (Å²) in [7, 11) is 0. The van der Waals surface area contributed by atoms with E-state index in [0.29, 0.717) is 19.3 Å². The Morgan fingerprint density at radius 1 is 0.500 bits per heavy atom. The maximum Gasteiger partial charge on any atom is 0.315 e. The minimum atomic E-state index is -2.06. The summed E-state index contributed by atoms with van der Waals surface area (Å²) in [6.07, 6.45) is -49.6. The third-order valence-corrected chi connectivity index (χ3v) is 25.5. The molecule has 4 saturated carbocycles. The van der Waals surface area contributed by atoms with Crippen LogP contribution in [0.1, 0.15) is 113 Å². The van der Waals surface area contributed by atoms with Gasteiger partial charge in [0.05, 0.1) is 62.2 Å². The minimum Gasteiger partial charge on any atom is -0.481 e. The number of carbonyl (C=O) groups excluding carboxylic acids is 2. The summed E-state index contributed by atoms with van der Waals surface area (Å²) >= 11 is 0. The van der Waals surface area contributed by atoms with Gasteiger partial charge in [-0.15, -0.1) is 0 Å². The van der Waals surface area contributed by atoms with Crippen molar-refractivity contribution in [1.82, 2.24) is 0 Å². The summed E-state index contributed by atoms with van der Waals surface area (Å²) in [4.78, 5) is 42.5. The topological polar surface area (TPSA) is 556 Å². The summed E-state index contributed by atoms with van der Waals surface area (Å²) in [6, 6.07) is 0. The minimum absolute atomic E-state index is 0.0898. The Hall–Kier alpha value is -3.01. The van der Waals surface area contributed by atoms with E-state index in [4.69, 9.17) is 61.6 Å². The van der Waals surface area contributed by atoms with Crippen molar-refractivity contribution in [1.29, 1.82) is 0 Å². The summed E-state index contributed by atoms with van der Waals surface area (Å²) in [6.45, 7) is 10.0. The highest BCUT2D eigenvalue weighted by Crippen LogP contribution is 2.76. The second-order valence-corrected chi connectivity index (χ2v) is 31.8. The number of carbonyl (C=O) groups is 3. The molecule has 6 saturated heterocycles. The van der Waals surface area contributed by atoms with E-state index in [2.05, 4.69) is 20.8 Å². The van der Waals surface area contributed by atoms with Crippen molar-refractivity contribution in [3.05, 3.63) is 11.6 Å². The molecule has 0 aromatic heterocycles. The molecular weight excluding hydrogens is 1360 g/mol. The highest BCUT2D eigenvalue weighted by Gasteiger charge is 2.74. The molecule has 0 amide bonds. The maximum absolute atomic E-state index is 15.8. The molecule has 584 valence electrons. The lowest BCUT2D eigenvalue weighted by Crippen LogP contribution is -2.71. The maximum atomic E-state index is 15.8. The van der Waals surface area contributed by atoms with E-state index < -0.39 is 292 Å². The SMILES string of the molecule is CC(=O)OC1C(C)OC(OC(=O)C23CCC(C)(C)CC2C2=CCC4C5(C)CC(O)C(OC6OC(CO)C(O)C(O)C6OC6OC(CO)C(O)C(O)C6O)C(C)(C(=O)O)C5CCC4(C)C2(CO)CC3)C(OC2OC(C)C(OC3OCC(OC4OC(CO)C(O)C(O)C4O)C(O)C3O)C(O)C2O)C1O. The fraction of sp³-hybridized carbons (Fsp3) is 0.925. The van der Waals surface area contributed by atoms with Crippen LogP contribution in [-0.4, -0.2) is 338 Å². The molecule has 6 aliphatic heterocycles. The van der Waals surface area contributed by atoms with Gasteiger partial charge in [-0.2, -0.15) is 0 Å². The summed E-state index contributed by atoms with van der Waals surface area (Å²) in [5, 5.41) is 210. The van der Waals surface area contributed by atoms with Crippen LogP contribution in [0.15, 0.2) is 11.6 Å². The van der Waals surface area contributed by atoms with E-state index in [0.717, 1.165) is 12.5 Å².